The van der Waals surface area contributed by atoms with Crippen LogP contribution in [0.5, 0.6) is 0 Å². The summed E-state index contributed by atoms with van der Waals surface area (Å²) in [6.45, 7) is 2.79. The van der Waals surface area contributed by atoms with Gasteiger partial charge < -0.3 is 30.4 Å². The zero-order chi connectivity index (χ0) is 60.2. The van der Waals surface area contributed by atoms with Crippen molar-refractivity contribution in [1.82, 2.24) is 26.1 Å². The molecule has 2 aliphatic rings. The number of nitrogens with one attached hydrogen (secondary N) is 5. The van der Waals surface area contributed by atoms with Crippen molar-refractivity contribution in [3.63, 3.8) is 0 Å². The molecular formula is C69H61IN8O7S3. The lowest BCUT2D eigenvalue weighted by atomic mass is 9.77. The van der Waals surface area contributed by atoms with Gasteiger partial charge in [-0.25, -0.2) is 20.6 Å². The maximum absolute atomic E-state index is 15.2. The van der Waals surface area contributed by atoms with Crippen LogP contribution in [-0.4, -0.2) is 73.5 Å². The zero-order valence-electron chi connectivity index (χ0n) is 47.7. The van der Waals surface area contributed by atoms with Gasteiger partial charge in [0.15, 0.2) is 28.4 Å². The van der Waals surface area contributed by atoms with Crippen molar-refractivity contribution >= 4 is 99.0 Å². The van der Waals surface area contributed by atoms with Gasteiger partial charge in [0.2, 0.25) is 0 Å². The number of hydrogen-bond donors (Lipinski definition) is 5. The monoisotopic (exact) mass is 1340 g/mol. The van der Waals surface area contributed by atoms with Crippen LogP contribution in [-0.2, 0) is 44.6 Å². The van der Waals surface area contributed by atoms with E-state index in [1.807, 2.05) is 243 Å². The Morgan fingerprint density at radius 3 is 1.53 bits per heavy atom. The average Bonchev–Trinajstić information content (AvgIpc) is 0.796. The Bertz CT molecular complexity index is 3670. The van der Waals surface area contributed by atoms with Crippen LogP contribution >= 0.6 is 58.8 Å². The lowest BCUT2D eigenvalue weighted by molar-refractivity contribution is -0.155. The smallest absolute Gasteiger partial charge is 0.359 e. The van der Waals surface area contributed by atoms with Crippen molar-refractivity contribution in [2.75, 3.05) is 11.9 Å². The molecule has 9 aromatic rings. The molecule has 88 heavy (non-hydrogen) atoms. The van der Waals surface area contributed by atoms with Crippen LogP contribution in [0.3, 0.4) is 0 Å². The number of hydrazine groups is 1. The molecule has 8 aromatic carbocycles. The fourth-order valence-electron chi connectivity index (χ4n) is 10.9. The number of fused-ring (bicyclic) bond motifs is 1. The molecule has 5 N–H and O–H groups in total. The third kappa shape index (κ3) is 13.2. The van der Waals surface area contributed by atoms with E-state index in [0.717, 1.165) is 45.1 Å². The first-order valence-corrected chi connectivity index (χ1v) is 30.8. The molecule has 1 saturated heterocycles. The minimum Gasteiger partial charge on any atom is -0.448 e. The first-order valence-electron chi connectivity index (χ1n) is 28.1. The molecule has 0 saturated carbocycles. The standard InChI is InChI=1S/C69H60N8O7S3.HI/c1-46-61(83-47(2)78)60(66(81)84-62(48-27-11-3-12-28-48)49-29-13-4-14-30-49)77-64(80)59(65(77)87-46)72-63(79)58(56-44-85-67(71-56)73-68(50-31-15-5-16-32-50,51-33-17-6-18-34-51)52-35-19-7-20-36-52)75-82-43-57(86-45-70)74-76-69(53-37-21-8-22-38-53,54-39-23-9-24-40-54)55-41-25-10-26-42-55;/h3-42,44-46,57,59,62,65,70,74,76H,43H2,1-2H3,(H,71,73)(H,72,79);1H/t46?,57?,59?,65-;/m1./s1. The highest BCUT2D eigenvalue weighted by Crippen LogP contribution is 2.46. The normalized spacial score (nSPS) is 16.0. The number of anilines is 1. The zero-order valence-corrected chi connectivity index (χ0v) is 52.5. The van der Waals surface area contributed by atoms with E-state index in [4.69, 9.17) is 24.7 Å². The molecule has 3 unspecified atom stereocenters. The number of thioether (sulfide) groups is 2. The molecule has 0 aliphatic carbocycles. The van der Waals surface area contributed by atoms with E-state index in [1.165, 1.54) is 40.5 Å². The Labute approximate surface area is 539 Å². The average molecular weight is 1340 g/mol. The Kier molecular flexibility index (Phi) is 20.5. The number of hydrogen-bond acceptors (Lipinski definition) is 16. The summed E-state index contributed by atoms with van der Waals surface area (Å²) in [6, 6.07) is 77.3. The predicted molar refractivity (Wildman–Crippen MR) is 358 cm³/mol. The molecule has 1 fully saturated rings. The van der Waals surface area contributed by atoms with Gasteiger partial charge in [-0.1, -0.05) is 260 Å². The molecule has 15 nitrogen and oxygen atoms in total. The van der Waals surface area contributed by atoms with Gasteiger partial charge in [0.05, 0.1) is 10.8 Å². The Morgan fingerprint density at radius 2 is 1.10 bits per heavy atom. The van der Waals surface area contributed by atoms with Crippen LogP contribution < -0.4 is 21.5 Å². The largest absolute Gasteiger partial charge is 0.448 e. The summed E-state index contributed by atoms with van der Waals surface area (Å²) in [6.07, 6.45) is -0.891. The van der Waals surface area contributed by atoms with Crippen LogP contribution in [0.15, 0.2) is 265 Å². The van der Waals surface area contributed by atoms with Gasteiger partial charge in [-0.3, -0.25) is 19.3 Å². The van der Waals surface area contributed by atoms with Gasteiger partial charge in [-0.15, -0.1) is 47.1 Å². The van der Waals surface area contributed by atoms with E-state index in [1.54, 1.807) is 12.3 Å². The highest BCUT2D eigenvalue weighted by Gasteiger charge is 2.57. The number of esters is 2. The number of ether oxygens (including phenoxy) is 2. The van der Waals surface area contributed by atoms with Crippen LogP contribution in [0.4, 0.5) is 5.13 Å². The van der Waals surface area contributed by atoms with Gasteiger partial charge >= 0.3 is 11.9 Å². The number of amides is 2. The quantitative estimate of drug-likeness (QED) is 0.00561. The van der Waals surface area contributed by atoms with E-state index in [-0.39, 0.29) is 53.4 Å². The van der Waals surface area contributed by atoms with Crippen molar-refractivity contribution in [3.8, 4) is 0 Å². The third-order valence-corrected chi connectivity index (χ3v) is 17.8. The van der Waals surface area contributed by atoms with Gasteiger partial charge in [0, 0.05) is 12.3 Å². The summed E-state index contributed by atoms with van der Waals surface area (Å²) in [5.41, 5.74) is 13.0. The highest BCUT2D eigenvalue weighted by atomic mass is 127. The predicted octanol–water partition coefficient (Wildman–Crippen LogP) is 12.5. The molecule has 0 bridgehead atoms. The van der Waals surface area contributed by atoms with Crippen LogP contribution in [0.1, 0.15) is 70.2 Å². The Morgan fingerprint density at radius 1 is 0.670 bits per heavy atom. The summed E-state index contributed by atoms with van der Waals surface area (Å²) in [7, 11) is 0. The van der Waals surface area contributed by atoms with E-state index in [9.17, 15) is 14.4 Å². The lowest BCUT2D eigenvalue weighted by Crippen LogP contribution is -2.71. The molecule has 2 aliphatic heterocycles. The van der Waals surface area contributed by atoms with Crippen LogP contribution in [0, 0.1) is 5.41 Å². The minimum absolute atomic E-state index is 0. The minimum atomic E-state index is -1.21. The number of oxime groups is 1. The van der Waals surface area contributed by atoms with Gasteiger partial charge in [-0.05, 0) is 51.4 Å². The van der Waals surface area contributed by atoms with Gasteiger partial charge in [0.25, 0.3) is 11.8 Å². The summed E-state index contributed by atoms with van der Waals surface area (Å²) in [5, 5.41) is 19.4. The maximum Gasteiger partial charge on any atom is 0.359 e. The highest BCUT2D eigenvalue weighted by molar-refractivity contribution is 14.0. The molecule has 2 amide bonds. The fraction of sp³-hybridized carbons (Fsp3) is 0.145. The molecule has 4 atom stereocenters. The molecule has 11 rings (SSSR count). The molecule has 19 heteroatoms. The van der Waals surface area contributed by atoms with Crippen LogP contribution in [0.2, 0.25) is 0 Å². The number of β-lactam (4-membered cyclic amide) rings is 1. The van der Waals surface area contributed by atoms with Gasteiger partial charge in [-0.2, -0.15) is 0 Å². The van der Waals surface area contributed by atoms with Crippen LogP contribution in [0.25, 0.3) is 0 Å². The first-order chi connectivity index (χ1) is 42.6. The number of aromatic nitrogens is 1. The second-order valence-electron chi connectivity index (χ2n) is 20.3. The number of rotatable bonds is 24. The number of benzene rings is 8. The lowest BCUT2D eigenvalue weighted by Gasteiger charge is -2.50. The number of thiazole rings is 1. The van der Waals surface area contributed by atoms with Gasteiger partial charge in [0.1, 0.15) is 40.2 Å². The van der Waals surface area contributed by atoms with Crippen molar-refractivity contribution in [1.29, 1.82) is 5.41 Å². The Balaban J connectivity index is 0.00000855. The second-order valence-corrected chi connectivity index (χ2v) is 23.7. The summed E-state index contributed by atoms with van der Waals surface area (Å²) < 4.78 is 12.0. The molecule has 0 radical (unpaired) electrons. The molecule has 444 valence electrons. The van der Waals surface area contributed by atoms with Crippen molar-refractivity contribution < 1.29 is 33.5 Å². The molecular weight excluding hydrogens is 1280 g/mol. The maximum atomic E-state index is 15.2. The van der Waals surface area contributed by atoms with Crippen molar-refractivity contribution in [2.24, 2.45) is 5.16 Å². The first kappa shape index (κ1) is 62.4. The summed E-state index contributed by atoms with van der Waals surface area (Å²) in [4.78, 5) is 69.9. The van der Waals surface area contributed by atoms with E-state index in [0.29, 0.717) is 16.3 Å². The number of carbonyl (C=O) groups excluding carboxylic acids is 4. The molecule has 0 spiro atoms. The van der Waals surface area contributed by atoms with E-state index < -0.39 is 63.0 Å². The molecule has 1 aromatic heterocycles. The molecule has 3 heterocycles. The van der Waals surface area contributed by atoms with E-state index in [2.05, 4.69) is 26.6 Å². The van der Waals surface area contributed by atoms with E-state index >= 15 is 4.79 Å². The van der Waals surface area contributed by atoms with Crippen molar-refractivity contribution in [2.45, 2.75) is 53.1 Å². The SMILES string of the molecule is CC(=O)OC1=C(C(=O)OC(c2ccccc2)c2ccccc2)N2C(=O)C(NC(=O)C(=NOCC(NNC(c3ccccc3)(c3ccccc3)c3ccccc3)SC=N)c3csc(NC(c4ccccc4)(c4ccccc4)c4ccccc4)n3)[C@H]2SC1C.I. The summed E-state index contributed by atoms with van der Waals surface area (Å²) in [5.74, 6) is -3.09. The second kappa shape index (κ2) is 28.9. The third-order valence-electron chi connectivity index (χ3n) is 14.9. The summed E-state index contributed by atoms with van der Waals surface area (Å²) >= 11 is 3.61. The topological polar surface area (TPSA) is 196 Å². The number of nitrogens with zero attached hydrogens (tertiary/aromatic N) is 3. The van der Waals surface area contributed by atoms with Crippen molar-refractivity contribution in [3.05, 3.63) is 310 Å². The number of halogens is 1. The number of carbonyl (C=O) groups is 4. The Hall–Kier alpha value is -8.70. The fourth-order valence-corrected chi connectivity index (χ4v) is 13.5.